The third kappa shape index (κ3) is 2.69. The lowest BCUT2D eigenvalue weighted by molar-refractivity contribution is 0.594. The number of hydrogen-bond acceptors (Lipinski definition) is 5. The maximum atomic E-state index is 12.5. The van der Waals surface area contributed by atoms with Crippen molar-refractivity contribution in [3.63, 3.8) is 0 Å². The predicted octanol–water partition coefficient (Wildman–Crippen LogP) is 1.65. The number of anilines is 2. The van der Waals surface area contributed by atoms with Gasteiger partial charge in [0, 0.05) is 23.9 Å². The third-order valence-electron chi connectivity index (χ3n) is 2.46. The number of nitrogens with zero attached hydrogens (tertiary/aromatic N) is 3. The lowest BCUT2D eigenvalue weighted by Crippen LogP contribution is -2.28. The van der Waals surface area contributed by atoms with Crippen LogP contribution in [0.1, 0.15) is 0 Å². The standard InChI is InChI=1S/C11H11BrN4O2S/c1-16(10-4-2-3-5-14-10)19(17,18)9-6-8(12)7-15-11(9)13/h2-7H,1H3,(H2,13,15). The van der Waals surface area contributed by atoms with Gasteiger partial charge in [0.05, 0.1) is 0 Å². The highest BCUT2D eigenvalue weighted by Crippen LogP contribution is 2.25. The van der Waals surface area contributed by atoms with Crippen molar-refractivity contribution in [2.75, 3.05) is 17.1 Å². The van der Waals surface area contributed by atoms with Crippen molar-refractivity contribution in [1.82, 2.24) is 9.97 Å². The van der Waals surface area contributed by atoms with E-state index in [0.717, 1.165) is 4.31 Å². The highest BCUT2D eigenvalue weighted by atomic mass is 79.9. The third-order valence-corrected chi connectivity index (χ3v) is 4.68. The molecule has 19 heavy (non-hydrogen) atoms. The van der Waals surface area contributed by atoms with Crippen molar-refractivity contribution >= 4 is 37.6 Å². The first-order chi connectivity index (χ1) is 8.93. The van der Waals surface area contributed by atoms with Gasteiger partial charge in [-0.1, -0.05) is 6.07 Å². The van der Waals surface area contributed by atoms with Gasteiger partial charge in [0.1, 0.15) is 16.5 Å². The summed E-state index contributed by atoms with van der Waals surface area (Å²) in [5, 5.41) is 0. The molecule has 6 nitrogen and oxygen atoms in total. The molecule has 0 saturated carbocycles. The average Bonchev–Trinajstić information content (AvgIpc) is 2.41. The second kappa shape index (κ2) is 5.14. The highest BCUT2D eigenvalue weighted by Gasteiger charge is 2.25. The van der Waals surface area contributed by atoms with Crippen LogP contribution in [0.25, 0.3) is 0 Å². The molecule has 2 rings (SSSR count). The molecule has 100 valence electrons. The van der Waals surface area contributed by atoms with Crippen molar-refractivity contribution in [1.29, 1.82) is 0 Å². The minimum Gasteiger partial charge on any atom is -0.383 e. The first-order valence-corrected chi connectivity index (χ1v) is 7.47. The van der Waals surface area contributed by atoms with Gasteiger partial charge in [-0.05, 0) is 34.1 Å². The number of halogens is 1. The molecule has 2 N–H and O–H groups in total. The summed E-state index contributed by atoms with van der Waals surface area (Å²) >= 11 is 3.18. The van der Waals surface area contributed by atoms with Crippen LogP contribution < -0.4 is 10.0 Å². The first kappa shape index (κ1) is 13.8. The fourth-order valence-electron chi connectivity index (χ4n) is 1.45. The molecule has 0 aliphatic heterocycles. The lowest BCUT2D eigenvalue weighted by atomic mass is 10.5. The van der Waals surface area contributed by atoms with Gasteiger partial charge in [0.15, 0.2) is 0 Å². The Bertz CT molecular complexity index is 691. The zero-order chi connectivity index (χ0) is 14.0. The van der Waals surface area contributed by atoms with E-state index in [4.69, 9.17) is 5.73 Å². The van der Waals surface area contributed by atoms with Gasteiger partial charge in [-0.3, -0.25) is 4.31 Å². The van der Waals surface area contributed by atoms with Crippen LogP contribution in [0.15, 0.2) is 46.0 Å². The minimum absolute atomic E-state index is 0.0500. The molecule has 2 aromatic heterocycles. The first-order valence-electron chi connectivity index (χ1n) is 5.24. The molecule has 0 radical (unpaired) electrons. The van der Waals surface area contributed by atoms with Crippen molar-refractivity contribution in [2.45, 2.75) is 4.90 Å². The monoisotopic (exact) mass is 342 g/mol. The Hall–Kier alpha value is -1.67. The zero-order valence-electron chi connectivity index (χ0n) is 9.99. The summed E-state index contributed by atoms with van der Waals surface area (Å²) in [7, 11) is -2.38. The van der Waals surface area contributed by atoms with Crippen LogP contribution in [-0.2, 0) is 10.0 Å². The van der Waals surface area contributed by atoms with E-state index in [2.05, 4.69) is 25.9 Å². The van der Waals surface area contributed by atoms with Crippen LogP contribution in [0.2, 0.25) is 0 Å². The fourth-order valence-corrected chi connectivity index (χ4v) is 3.17. The topological polar surface area (TPSA) is 89.2 Å². The number of hydrogen-bond donors (Lipinski definition) is 1. The summed E-state index contributed by atoms with van der Waals surface area (Å²) in [4.78, 5) is 7.76. The summed E-state index contributed by atoms with van der Waals surface area (Å²) in [6.45, 7) is 0. The Labute approximate surface area is 119 Å². The quantitative estimate of drug-likeness (QED) is 0.915. The Kier molecular flexibility index (Phi) is 3.72. The molecular weight excluding hydrogens is 332 g/mol. The van der Waals surface area contributed by atoms with Gasteiger partial charge in [-0.25, -0.2) is 18.4 Å². The number of sulfonamides is 1. The minimum atomic E-state index is -3.79. The van der Waals surface area contributed by atoms with E-state index in [1.54, 1.807) is 18.2 Å². The van der Waals surface area contributed by atoms with E-state index < -0.39 is 10.0 Å². The maximum absolute atomic E-state index is 12.5. The molecule has 0 aromatic carbocycles. The molecular formula is C11H11BrN4O2S. The molecule has 0 fully saturated rings. The number of rotatable bonds is 3. The molecule has 0 atom stereocenters. The molecule has 0 saturated heterocycles. The second-order valence-corrected chi connectivity index (χ2v) is 6.55. The lowest BCUT2D eigenvalue weighted by Gasteiger charge is -2.18. The highest BCUT2D eigenvalue weighted by molar-refractivity contribution is 9.10. The number of pyridine rings is 2. The Morgan fingerprint density at radius 1 is 1.32 bits per heavy atom. The maximum Gasteiger partial charge on any atom is 0.268 e. The normalized spacial score (nSPS) is 11.3. The molecule has 0 amide bonds. The molecule has 0 bridgehead atoms. The van der Waals surface area contributed by atoms with Crippen LogP contribution in [-0.4, -0.2) is 25.4 Å². The smallest absolute Gasteiger partial charge is 0.268 e. The summed E-state index contributed by atoms with van der Waals surface area (Å²) in [6, 6.07) is 6.42. The number of aromatic nitrogens is 2. The Balaban J connectivity index is 2.51. The summed E-state index contributed by atoms with van der Waals surface area (Å²) in [5.41, 5.74) is 5.63. The van der Waals surface area contributed by atoms with E-state index >= 15 is 0 Å². The van der Waals surface area contributed by atoms with Gasteiger partial charge >= 0.3 is 0 Å². The average molecular weight is 343 g/mol. The largest absolute Gasteiger partial charge is 0.383 e. The van der Waals surface area contributed by atoms with Crippen LogP contribution in [0.4, 0.5) is 11.6 Å². The number of nitrogen functional groups attached to an aromatic ring is 1. The zero-order valence-corrected chi connectivity index (χ0v) is 12.4. The summed E-state index contributed by atoms with van der Waals surface area (Å²) in [6.07, 6.45) is 2.96. The van der Waals surface area contributed by atoms with E-state index in [1.807, 2.05) is 0 Å². The van der Waals surface area contributed by atoms with E-state index in [-0.39, 0.29) is 10.7 Å². The molecule has 2 heterocycles. The van der Waals surface area contributed by atoms with Crippen LogP contribution in [0.5, 0.6) is 0 Å². The van der Waals surface area contributed by atoms with Gasteiger partial charge in [-0.15, -0.1) is 0 Å². The fraction of sp³-hybridized carbons (Fsp3) is 0.0909. The molecule has 8 heteroatoms. The van der Waals surface area contributed by atoms with Crippen LogP contribution in [0, 0.1) is 0 Å². The summed E-state index contributed by atoms with van der Waals surface area (Å²) < 4.78 is 26.5. The molecule has 0 aliphatic carbocycles. The molecule has 0 aliphatic rings. The molecule has 0 unspecified atom stereocenters. The van der Waals surface area contributed by atoms with Gasteiger partial charge < -0.3 is 5.73 Å². The molecule has 2 aromatic rings. The predicted molar refractivity (Wildman–Crippen MR) is 76.2 cm³/mol. The molecule has 0 spiro atoms. The SMILES string of the molecule is CN(c1ccccn1)S(=O)(=O)c1cc(Br)cnc1N. The van der Waals surface area contributed by atoms with Gasteiger partial charge in [0.25, 0.3) is 10.0 Å². The van der Waals surface area contributed by atoms with Crippen LogP contribution >= 0.6 is 15.9 Å². The van der Waals surface area contributed by atoms with Crippen molar-refractivity contribution in [3.05, 3.63) is 41.1 Å². The van der Waals surface area contributed by atoms with Crippen molar-refractivity contribution < 1.29 is 8.42 Å². The Morgan fingerprint density at radius 2 is 2.05 bits per heavy atom. The van der Waals surface area contributed by atoms with Crippen molar-refractivity contribution in [2.24, 2.45) is 0 Å². The van der Waals surface area contributed by atoms with Crippen molar-refractivity contribution in [3.8, 4) is 0 Å². The van der Waals surface area contributed by atoms with E-state index in [0.29, 0.717) is 10.3 Å². The van der Waals surface area contributed by atoms with Gasteiger partial charge in [-0.2, -0.15) is 0 Å². The van der Waals surface area contributed by atoms with Gasteiger partial charge in [0.2, 0.25) is 0 Å². The Morgan fingerprint density at radius 3 is 2.68 bits per heavy atom. The second-order valence-electron chi connectivity index (χ2n) is 3.70. The van der Waals surface area contributed by atoms with Crippen LogP contribution in [0.3, 0.4) is 0 Å². The van der Waals surface area contributed by atoms with E-state index in [9.17, 15) is 8.42 Å². The number of nitrogens with two attached hydrogens (primary N) is 1. The summed E-state index contributed by atoms with van der Waals surface area (Å²) in [5.74, 6) is 0.257. The van der Waals surface area contributed by atoms with E-state index in [1.165, 1.54) is 25.5 Å².